The lowest BCUT2D eigenvalue weighted by molar-refractivity contribution is -0.148. The minimum absolute atomic E-state index is 0.0259. The topological polar surface area (TPSA) is 72.0 Å². The molecule has 0 bridgehead atoms. The van der Waals surface area contributed by atoms with Crippen LogP contribution >= 0.6 is 22.9 Å². The van der Waals surface area contributed by atoms with Gasteiger partial charge in [0.15, 0.2) is 0 Å². The van der Waals surface area contributed by atoms with Gasteiger partial charge in [-0.1, -0.05) is 23.7 Å². The third-order valence-electron chi connectivity index (χ3n) is 5.50. The first-order valence-electron chi connectivity index (χ1n) is 9.03. The van der Waals surface area contributed by atoms with Crippen LogP contribution in [0.3, 0.4) is 0 Å². The zero-order valence-corrected chi connectivity index (χ0v) is 16.1. The zero-order chi connectivity index (χ0) is 18.6. The molecule has 27 heavy (non-hydrogen) atoms. The van der Waals surface area contributed by atoms with Crippen LogP contribution in [0.5, 0.6) is 0 Å². The number of carbonyl (C=O) groups is 1. The second-order valence-electron chi connectivity index (χ2n) is 7.22. The molecule has 0 saturated heterocycles. The highest BCUT2D eigenvalue weighted by atomic mass is 35.5. The number of ether oxygens (including phenoxy) is 1. The van der Waals surface area contributed by atoms with E-state index in [1.54, 1.807) is 23.5 Å². The van der Waals surface area contributed by atoms with Crippen LogP contribution in [-0.2, 0) is 34.4 Å². The average molecular weight is 401 g/mol. The Hall–Kier alpha value is -2.18. The SMILES string of the molecule is O=C(OCc1nc2sc3c(c2c(=O)[nH]1)CCC3)C1(c2ccc(Cl)cc2)CC1. The normalized spacial score (nSPS) is 17.1. The number of carbonyl (C=O) groups excluding carboxylic acids is 1. The summed E-state index contributed by atoms with van der Waals surface area (Å²) in [5.41, 5.74) is 1.35. The van der Waals surface area contributed by atoms with Crippen molar-refractivity contribution >= 4 is 39.1 Å². The van der Waals surface area contributed by atoms with E-state index in [1.807, 2.05) is 12.1 Å². The van der Waals surface area contributed by atoms with Crippen LogP contribution in [0.2, 0.25) is 5.02 Å². The molecule has 2 aliphatic carbocycles. The first-order chi connectivity index (χ1) is 13.1. The van der Waals surface area contributed by atoms with Crippen LogP contribution in [-0.4, -0.2) is 15.9 Å². The second kappa shape index (κ2) is 6.17. The Kier molecular flexibility index (Phi) is 3.88. The fourth-order valence-electron chi connectivity index (χ4n) is 3.89. The number of nitrogens with one attached hydrogen (secondary N) is 1. The Labute approximate surface area is 164 Å². The summed E-state index contributed by atoms with van der Waals surface area (Å²) in [6.45, 7) is -0.0259. The van der Waals surface area contributed by atoms with Crippen LogP contribution in [0, 0.1) is 0 Å². The van der Waals surface area contributed by atoms with Crippen molar-refractivity contribution in [2.45, 2.75) is 44.1 Å². The van der Waals surface area contributed by atoms with E-state index in [0.717, 1.165) is 48.1 Å². The van der Waals surface area contributed by atoms with Gasteiger partial charge in [0.2, 0.25) is 0 Å². The minimum Gasteiger partial charge on any atom is -0.457 e. The predicted molar refractivity (Wildman–Crippen MR) is 104 cm³/mol. The van der Waals surface area contributed by atoms with Crippen LogP contribution < -0.4 is 5.56 Å². The summed E-state index contributed by atoms with van der Waals surface area (Å²) >= 11 is 7.52. The number of H-pyrrole nitrogens is 1. The van der Waals surface area contributed by atoms with Crippen LogP contribution in [0.15, 0.2) is 29.1 Å². The molecule has 1 saturated carbocycles. The Balaban J connectivity index is 1.36. The van der Waals surface area contributed by atoms with E-state index in [2.05, 4.69) is 9.97 Å². The van der Waals surface area contributed by atoms with Gasteiger partial charge in [-0.15, -0.1) is 11.3 Å². The molecule has 2 aliphatic rings. The van der Waals surface area contributed by atoms with Gasteiger partial charge in [0, 0.05) is 9.90 Å². The largest absolute Gasteiger partial charge is 0.457 e. The molecule has 1 fully saturated rings. The number of fused-ring (bicyclic) bond motifs is 3. The Morgan fingerprint density at radius 3 is 2.78 bits per heavy atom. The summed E-state index contributed by atoms with van der Waals surface area (Å²) < 4.78 is 5.52. The summed E-state index contributed by atoms with van der Waals surface area (Å²) in [5.74, 6) is 0.119. The maximum atomic E-state index is 12.7. The lowest BCUT2D eigenvalue weighted by atomic mass is 9.96. The molecule has 0 unspecified atom stereocenters. The van der Waals surface area contributed by atoms with Gasteiger partial charge in [0.05, 0.1) is 10.8 Å². The number of hydrogen-bond donors (Lipinski definition) is 1. The molecule has 1 N–H and O–H groups in total. The Morgan fingerprint density at radius 1 is 1.26 bits per heavy atom. The number of esters is 1. The van der Waals surface area contributed by atoms with E-state index >= 15 is 0 Å². The summed E-state index contributed by atoms with van der Waals surface area (Å²) in [5, 5.41) is 1.35. The molecule has 2 aromatic heterocycles. The predicted octanol–water partition coefficient (Wildman–Crippen LogP) is 3.90. The van der Waals surface area contributed by atoms with Crippen LogP contribution in [0.4, 0.5) is 0 Å². The molecule has 3 aromatic rings. The van der Waals surface area contributed by atoms with Crippen molar-refractivity contribution < 1.29 is 9.53 Å². The highest BCUT2D eigenvalue weighted by Crippen LogP contribution is 2.49. The van der Waals surface area contributed by atoms with Crippen molar-refractivity contribution in [2.75, 3.05) is 0 Å². The van der Waals surface area contributed by atoms with Gasteiger partial charge in [-0.3, -0.25) is 9.59 Å². The van der Waals surface area contributed by atoms with Crippen molar-refractivity contribution in [1.29, 1.82) is 0 Å². The highest BCUT2D eigenvalue weighted by molar-refractivity contribution is 7.18. The third-order valence-corrected chi connectivity index (χ3v) is 6.94. The average Bonchev–Trinajstić information content (AvgIpc) is 3.21. The number of rotatable bonds is 4. The maximum Gasteiger partial charge on any atom is 0.317 e. The van der Waals surface area contributed by atoms with Gasteiger partial charge in [0.1, 0.15) is 17.3 Å². The summed E-state index contributed by atoms with van der Waals surface area (Å²) in [6.07, 6.45) is 4.58. The fourth-order valence-corrected chi connectivity index (χ4v) is 5.30. The van der Waals surface area contributed by atoms with Crippen LogP contribution in [0.25, 0.3) is 10.2 Å². The third kappa shape index (κ3) is 2.78. The first kappa shape index (κ1) is 17.0. The van der Waals surface area contributed by atoms with Crippen LogP contribution in [0.1, 0.15) is 41.1 Å². The molecule has 138 valence electrons. The molecular formula is C20H17ClN2O3S. The number of hydrogen-bond acceptors (Lipinski definition) is 5. The van der Waals surface area contributed by atoms with E-state index in [0.29, 0.717) is 16.2 Å². The van der Waals surface area contributed by atoms with Gasteiger partial charge in [0.25, 0.3) is 5.56 Å². The van der Waals surface area contributed by atoms with Gasteiger partial charge < -0.3 is 9.72 Å². The van der Waals surface area contributed by atoms with Gasteiger partial charge >= 0.3 is 5.97 Å². The lowest BCUT2D eigenvalue weighted by Gasteiger charge is -2.14. The van der Waals surface area contributed by atoms with E-state index in [-0.39, 0.29) is 18.1 Å². The summed E-state index contributed by atoms with van der Waals surface area (Å²) in [4.78, 5) is 34.5. The Bertz CT molecular complexity index is 1110. The number of halogens is 1. The van der Waals surface area contributed by atoms with Gasteiger partial charge in [-0.25, -0.2) is 4.98 Å². The highest BCUT2D eigenvalue weighted by Gasteiger charge is 2.52. The summed E-state index contributed by atoms with van der Waals surface area (Å²) in [7, 11) is 0. The number of aryl methyl sites for hydroxylation is 2. The molecule has 2 heterocycles. The molecule has 0 spiro atoms. The molecular weight excluding hydrogens is 384 g/mol. The number of benzene rings is 1. The molecule has 1 aromatic carbocycles. The smallest absolute Gasteiger partial charge is 0.317 e. The van der Waals surface area contributed by atoms with E-state index in [9.17, 15) is 9.59 Å². The number of aromatic nitrogens is 2. The van der Waals surface area contributed by atoms with Crippen molar-refractivity contribution in [3.8, 4) is 0 Å². The lowest BCUT2D eigenvalue weighted by Crippen LogP contribution is -2.24. The number of thiophene rings is 1. The fraction of sp³-hybridized carbons (Fsp3) is 0.350. The zero-order valence-electron chi connectivity index (χ0n) is 14.5. The van der Waals surface area contributed by atoms with E-state index < -0.39 is 5.41 Å². The monoisotopic (exact) mass is 400 g/mol. The molecule has 0 amide bonds. The van der Waals surface area contributed by atoms with E-state index in [4.69, 9.17) is 16.3 Å². The molecule has 0 aliphatic heterocycles. The molecule has 0 atom stereocenters. The van der Waals surface area contributed by atoms with Gasteiger partial charge in [-0.05, 0) is 55.4 Å². The number of nitrogens with zero attached hydrogens (tertiary/aromatic N) is 1. The van der Waals surface area contributed by atoms with Crippen molar-refractivity contribution in [3.63, 3.8) is 0 Å². The maximum absolute atomic E-state index is 12.7. The second-order valence-corrected chi connectivity index (χ2v) is 8.74. The Morgan fingerprint density at radius 2 is 2.04 bits per heavy atom. The van der Waals surface area contributed by atoms with Gasteiger partial charge in [-0.2, -0.15) is 0 Å². The standard InChI is InChI=1S/C20H17ClN2O3S/c21-12-6-4-11(5-7-12)20(8-9-20)19(25)26-10-15-22-17(24)16-13-2-1-3-14(13)27-18(16)23-15/h4-7H,1-3,8-10H2,(H,22,23,24). The quantitative estimate of drug-likeness (QED) is 0.674. The molecule has 0 radical (unpaired) electrons. The number of aromatic amines is 1. The minimum atomic E-state index is -0.584. The van der Waals surface area contributed by atoms with Crippen molar-refractivity contribution in [1.82, 2.24) is 9.97 Å². The first-order valence-corrected chi connectivity index (χ1v) is 10.2. The molecule has 5 nitrogen and oxygen atoms in total. The summed E-state index contributed by atoms with van der Waals surface area (Å²) in [6, 6.07) is 7.31. The van der Waals surface area contributed by atoms with Crippen molar-refractivity contribution in [3.05, 3.63) is 61.5 Å². The molecule has 7 heteroatoms. The molecule has 5 rings (SSSR count). The van der Waals surface area contributed by atoms with Crippen molar-refractivity contribution in [2.24, 2.45) is 0 Å². The van der Waals surface area contributed by atoms with E-state index in [1.165, 1.54) is 4.88 Å².